The van der Waals surface area contributed by atoms with E-state index in [9.17, 15) is 0 Å². The molecule has 24 heavy (non-hydrogen) atoms. The predicted molar refractivity (Wildman–Crippen MR) is 101 cm³/mol. The molecule has 132 valence electrons. The Morgan fingerprint density at radius 1 is 1.17 bits per heavy atom. The van der Waals surface area contributed by atoms with Crippen LogP contribution in [0.1, 0.15) is 24.7 Å². The number of benzene rings is 1. The molecule has 0 aliphatic carbocycles. The average Bonchev–Trinajstić information content (AvgIpc) is 3.21. The van der Waals surface area contributed by atoms with Gasteiger partial charge in [0.1, 0.15) is 11.3 Å². The first kappa shape index (κ1) is 17.7. The number of likely N-dealkylation sites (tertiary alicyclic amines) is 1. The maximum absolute atomic E-state index is 6.06. The van der Waals surface area contributed by atoms with Crippen LogP contribution in [0.4, 0.5) is 0 Å². The minimum absolute atomic E-state index is 0. The second kappa shape index (κ2) is 7.87. The Labute approximate surface area is 150 Å². The summed E-state index contributed by atoms with van der Waals surface area (Å²) in [6.07, 6.45) is 2.27. The van der Waals surface area contributed by atoms with Crippen LogP contribution >= 0.6 is 12.4 Å². The van der Waals surface area contributed by atoms with Crippen molar-refractivity contribution in [3.05, 3.63) is 35.6 Å². The number of furan rings is 1. The quantitative estimate of drug-likeness (QED) is 0.919. The van der Waals surface area contributed by atoms with E-state index in [2.05, 4.69) is 46.3 Å². The minimum Gasteiger partial charge on any atom is -0.461 e. The van der Waals surface area contributed by atoms with Gasteiger partial charge in [-0.15, -0.1) is 12.4 Å². The summed E-state index contributed by atoms with van der Waals surface area (Å²) in [6.45, 7) is 10.3. The Balaban J connectivity index is 0.00000169. The number of piperazine rings is 1. The van der Waals surface area contributed by atoms with Crippen LogP contribution < -0.4 is 5.32 Å². The van der Waals surface area contributed by atoms with Gasteiger partial charge in [0.25, 0.3) is 0 Å². The van der Waals surface area contributed by atoms with Crippen molar-refractivity contribution >= 4 is 23.4 Å². The van der Waals surface area contributed by atoms with E-state index < -0.39 is 0 Å². The van der Waals surface area contributed by atoms with E-state index in [4.69, 9.17) is 4.42 Å². The maximum Gasteiger partial charge on any atom is 0.134 e. The van der Waals surface area contributed by atoms with E-state index in [0.717, 1.165) is 43.4 Å². The van der Waals surface area contributed by atoms with E-state index in [0.29, 0.717) is 0 Å². The molecule has 1 unspecified atom stereocenters. The smallest absolute Gasteiger partial charge is 0.134 e. The molecule has 0 radical (unpaired) electrons. The van der Waals surface area contributed by atoms with Gasteiger partial charge in [-0.05, 0) is 12.5 Å². The molecule has 0 spiro atoms. The van der Waals surface area contributed by atoms with Crippen LogP contribution in [-0.4, -0.2) is 55.1 Å². The lowest BCUT2D eigenvalue weighted by Crippen LogP contribution is -2.49. The summed E-state index contributed by atoms with van der Waals surface area (Å²) in [4.78, 5) is 5.29. The van der Waals surface area contributed by atoms with Crippen molar-refractivity contribution in [3.8, 4) is 0 Å². The van der Waals surface area contributed by atoms with E-state index >= 15 is 0 Å². The van der Waals surface area contributed by atoms with Crippen LogP contribution in [0.5, 0.6) is 0 Å². The molecule has 4 rings (SSSR count). The second-order valence-electron chi connectivity index (χ2n) is 6.82. The van der Waals surface area contributed by atoms with Gasteiger partial charge in [-0.3, -0.25) is 9.80 Å². The van der Waals surface area contributed by atoms with E-state index in [1.54, 1.807) is 0 Å². The average molecular weight is 350 g/mol. The summed E-state index contributed by atoms with van der Waals surface area (Å²) in [5.74, 6) is 1.16. The number of nitrogens with one attached hydrogen (secondary N) is 1. The Bertz CT molecular complexity index is 666. The van der Waals surface area contributed by atoms with Gasteiger partial charge >= 0.3 is 0 Å². The van der Waals surface area contributed by atoms with Crippen molar-refractivity contribution in [1.29, 1.82) is 0 Å². The summed E-state index contributed by atoms with van der Waals surface area (Å²) >= 11 is 0. The van der Waals surface area contributed by atoms with Crippen molar-refractivity contribution in [3.63, 3.8) is 0 Å². The minimum atomic E-state index is 0. The Morgan fingerprint density at radius 2 is 1.96 bits per heavy atom. The molecule has 2 aromatic rings. The third kappa shape index (κ3) is 3.47. The predicted octanol–water partition coefficient (Wildman–Crippen LogP) is 2.90. The zero-order valence-corrected chi connectivity index (χ0v) is 15.3. The monoisotopic (exact) mass is 349 g/mol. The highest BCUT2D eigenvalue weighted by Crippen LogP contribution is 2.29. The highest BCUT2D eigenvalue weighted by molar-refractivity contribution is 5.85. The van der Waals surface area contributed by atoms with Crippen molar-refractivity contribution < 1.29 is 4.42 Å². The Hall–Kier alpha value is -1.07. The molecular formula is C19H28ClN3O. The van der Waals surface area contributed by atoms with Gasteiger partial charge in [-0.1, -0.05) is 25.1 Å². The summed E-state index contributed by atoms with van der Waals surface area (Å²) in [5, 5.41) is 4.75. The molecule has 0 bridgehead atoms. The number of halogens is 1. The number of aryl methyl sites for hydroxylation is 1. The normalized spacial score (nSPS) is 22.8. The van der Waals surface area contributed by atoms with Crippen molar-refractivity contribution in [2.45, 2.75) is 32.4 Å². The van der Waals surface area contributed by atoms with Gasteiger partial charge in [0.15, 0.2) is 0 Å². The third-order valence-corrected chi connectivity index (χ3v) is 5.40. The fourth-order valence-electron chi connectivity index (χ4n) is 4.13. The second-order valence-corrected chi connectivity index (χ2v) is 6.82. The third-order valence-electron chi connectivity index (χ3n) is 5.40. The van der Waals surface area contributed by atoms with Crippen LogP contribution in [0.2, 0.25) is 0 Å². The number of rotatable bonds is 4. The summed E-state index contributed by atoms with van der Waals surface area (Å²) in [5.41, 5.74) is 2.45. The van der Waals surface area contributed by atoms with Gasteiger partial charge in [0, 0.05) is 69.2 Å². The molecule has 1 aromatic heterocycles. The molecular weight excluding hydrogens is 322 g/mol. The topological polar surface area (TPSA) is 31.7 Å². The zero-order valence-electron chi connectivity index (χ0n) is 14.5. The van der Waals surface area contributed by atoms with Crippen LogP contribution in [-0.2, 0) is 13.0 Å². The highest BCUT2D eigenvalue weighted by atomic mass is 35.5. The van der Waals surface area contributed by atoms with Crippen LogP contribution in [0.3, 0.4) is 0 Å². The molecule has 2 saturated heterocycles. The molecule has 0 saturated carbocycles. The van der Waals surface area contributed by atoms with Crippen LogP contribution in [0.15, 0.2) is 28.7 Å². The molecule has 1 aromatic carbocycles. The van der Waals surface area contributed by atoms with Crippen LogP contribution in [0.25, 0.3) is 11.0 Å². The molecule has 4 nitrogen and oxygen atoms in total. The summed E-state index contributed by atoms with van der Waals surface area (Å²) in [7, 11) is 0. The molecule has 0 amide bonds. The van der Waals surface area contributed by atoms with Crippen molar-refractivity contribution in [2.24, 2.45) is 0 Å². The summed E-state index contributed by atoms with van der Waals surface area (Å²) < 4.78 is 6.06. The van der Waals surface area contributed by atoms with Gasteiger partial charge in [-0.2, -0.15) is 0 Å². The lowest BCUT2D eigenvalue weighted by molar-refractivity contribution is 0.170. The first-order valence-electron chi connectivity index (χ1n) is 9.01. The zero-order chi connectivity index (χ0) is 15.6. The number of para-hydroxylation sites is 1. The largest absolute Gasteiger partial charge is 0.461 e. The summed E-state index contributed by atoms with van der Waals surface area (Å²) in [6, 6.07) is 9.21. The molecule has 2 aliphatic rings. The van der Waals surface area contributed by atoms with Gasteiger partial charge in [-0.25, -0.2) is 0 Å². The number of fused-ring (bicyclic) bond motifs is 1. The number of hydrogen-bond acceptors (Lipinski definition) is 4. The molecule has 2 fully saturated rings. The molecule has 1 N–H and O–H groups in total. The Morgan fingerprint density at radius 3 is 2.75 bits per heavy atom. The lowest BCUT2D eigenvalue weighted by atomic mass is 10.1. The first-order valence-corrected chi connectivity index (χ1v) is 9.01. The van der Waals surface area contributed by atoms with E-state index in [1.807, 2.05) is 0 Å². The molecule has 5 heteroatoms. The van der Waals surface area contributed by atoms with Gasteiger partial charge < -0.3 is 9.73 Å². The van der Waals surface area contributed by atoms with E-state index in [1.165, 1.54) is 43.5 Å². The van der Waals surface area contributed by atoms with Crippen molar-refractivity contribution in [2.75, 3.05) is 39.3 Å². The van der Waals surface area contributed by atoms with Crippen LogP contribution in [0, 0.1) is 0 Å². The standard InChI is InChI=1S/C19H27N3O.ClH/c1-2-18-17(16-5-3-4-6-19(16)23-18)14-21-10-7-15(13-21)22-11-8-20-9-12-22;/h3-6,15,20H,2,7-14H2,1H3;1H. The van der Waals surface area contributed by atoms with Gasteiger partial charge in [0.05, 0.1) is 0 Å². The maximum atomic E-state index is 6.06. The number of nitrogens with zero attached hydrogens (tertiary/aromatic N) is 2. The molecule has 3 heterocycles. The SMILES string of the molecule is CCc1oc2ccccc2c1CN1CCC(N2CCNCC2)C1.Cl. The molecule has 1 atom stereocenters. The molecule has 2 aliphatic heterocycles. The van der Waals surface area contributed by atoms with Gasteiger partial charge in [0.2, 0.25) is 0 Å². The fourth-order valence-corrected chi connectivity index (χ4v) is 4.13. The Kier molecular flexibility index (Phi) is 5.82. The number of hydrogen-bond donors (Lipinski definition) is 1. The van der Waals surface area contributed by atoms with Crippen molar-refractivity contribution in [1.82, 2.24) is 15.1 Å². The highest BCUT2D eigenvalue weighted by Gasteiger charge is 2.29. The first-order chi connectivity index (χ1) is 11.3. The van der Waals surface area contributed by atoms with E-state index in [-0.39, 0.29) is 12.4 Å². The lowest BCUT2D eigenvalue weighted by Gasteiger charge is -2.32. The fraction of sp³-hybridized carbons (Fsp3) is 0.579.